The van der Waals surface area contributed by atoms with Crippen LogP contribution in [0.25, 0.3) is 11.4 Å². The molecule has 8 nitrogen and oxygen atoms in total. The SMILES string of the molecule is CC(C)CN1CCC(c2nc(-c3cn(C)c(=O)[nH]c3=O)no2)CC1. The number of H-pyrrole nitrogens is 1. The zero-order valence-electron chi connectivity index (χ0n) is 14.3. The van der Waals surface area contributed by atoms with Gasteiger partial charge < -0.3 is 14.0 Å². The molecule has 8 heteroatoms. The Labute approximate surface area is 139 Å². The lowest BCUT2D eigenvalue weighted by molar-refractivity contribution is 0.178. The van der Waals surface area contributed by atoms with E-state index in [9.17, 15) is 9.59 Å². The first kappa shape index (κ1) is 16.6. The van der Waals surface area contributed by atoms with Gasteiger partial charge in [-0.15, -0.1) is 0 Å². The lowest BCUT2D eigenvalue weighted by Gasteiger charge is -2.31. The van der Waals surface area contributed by atoms with E-state index in [1.165, 1.54) is 10.8 Å². The molecule has 1 fully saturated rings. The Bertz CT molecular complexity index is 812. The van der Waals surface area contributed by atoms with E-state index in [0.717, 1.165) is 32.5 Å². The van der Waals surface area contributed by atoms with E-state index in [1.54, 1.807) is 7.05 Å². The van der Waals surface area contributed by atoms with Crippen LogP contribution in [0.3, 0.4) is 0 Å². The molecule has 0 atom stereocenters. The lowest BCUT2D eigenvalue weighted by atomic mass is 9.96. The Hall–Kier alpha value is -2.22. The van der Waals surface area contributed by atoms with Crippen LogP contribution in [-0.2, 0) is 7.05 Å². The van der Waals surface area contributed by atoms with Crippen LogP contribution in [-0.4, -0.2) is 44.2 Å². The number of piperidine rings is 1. The van der Waals surface area contributed by atoms with Gasteiger partial charge in [0, 0.05) is 25.7 Å². The summed E-state index contributed by atoms with van der Waals surface area (Å²) in [7, 11) is 1.56. The summed E-state index contributed by atoms with van der Waals surface area (Å²) in [6, 6.07) is 0. The number of aromatic nitrogens is 4. The summed E-state index contributed by atoms with van der Waals surface area (Å²) < 4.78 is 6.67. The zero-order valence-corrected chi connectivity index (χ0v) is 14.3. The van der Waals surface area contributed by atoms with E-state index in [4.69, 9.17) is 4.52 Å². The van der Waals surface area contributed by atoms with Gasteiger partial charge in [-0.1, -0.05) is 19.0 Å². The van der Waals surface area contributed by atoms with Crippen molar-refractivity contribution in [2.24, 2.45) is 13.0 Å². The molecule has 0 saturated carbocycles. The van der Waals surface area contributed by atoms with Crippen LogP contribution in [0.5, 0.6) is 0 Å². The van der Waals surface area contributed by atoms with Crippen molar-refractivity contribution in [3.63, 3.8) is 0 Å². The third kappa shape index (κ3) is 3.48. The highest BCUT2D eigenvalue weighted by Crippen LogP contribution is 2.28. The van der Waals surface area contributed by atoms with Crippen molar-refractivity contribution in [2.45, 2.75) is 32.6 Å². The first-order valence-electron chi connectivity index (χ1n) is 8.30. The van der Waals surface area contributed by atoms with Crippen LogP contribution in [0.4, 0.5) is 0 Å². The van der Waals surface area contributed by atoms with Crippen LogP contribution in [0.2, 0.25) is 0 Å². The van der Waals surface area contributed by atoms with Crippen molar-refractivity contribution in [2.75, 3.05) is 19.6 Å². The molecular weight excluding hydrogens is 310 g/mol. The first-order valence-corrected chi connectivity index (χ1v) is 8.30. The molecule has 2 aromatic rings. The standard InChI is InChI=1S/C16H23N5O3/c1-10(2)8-21-6-4-11(5-7-21)15-17-13(19-24-15)12-9-20(3)16(23)18-14(12)22/h9-11H,4-8H2,1-3H3,(H,18,22,23). The van der Waals surface area contributed by atoms with Crippen LogP contribution in [0.15, 0.2) is 20.3 Å². The zero-order chi connectivity index (χ0) is 17.3. The molecule has 2 aromatic heterocycles. The number of likely N-dealkylation sites (tertiary alicyclic amines) is 1. The van der Waals surface area contributed by atoms with Gasteiger partial charge in [-0.2, -0.15) is 4.98 Å². The lowest BCUT2D eigenvalue weighted by Crippen LogP contribution is -2.35. The number of nitrogens with one attached hydrogen (secondary N) is 1. The number of nitrogens with zero attached hydrogens (tertiary/aromatic N) is 4. The quantitative estimate of drug-likeness (QED) is 0.895. The number of hydrogen-bond donors (Lipinski definition) is 1. The van der Waals surface area contributed by atoms with E-state index >= 15 is 0 Å². The minimum atomic E-state index is -0.503. The van der Waals surface area contributed by atoms with Crippen molar-refractivity contribution in [1.29, 1.82) is 0 Å². The second-order valence-electron chi connectivity index (χ2n) is 6.84. The van der Waals surface area contributed by atoms with Crippen molar-refractivity contribution in [1.82, 2.24) is 24.6 Å². The largest absolute Gasteiger partial charge is 0.339 e. The maximum Gasteiger partial charge on any atom is 0.328 e. The highest BCUT2D eigenvalue weighted by molar-refractivity contribution is 5.50. The van der Waals surface area contributed by atoms with Crippen molar-refractivity contribution in [3.8, 4) is 11.4 Å². The Kier molecular flexibility index (Phi) is 4.66. The van der Waals surface area contributed by atoms with E-state index in [1.807, 2.05) is 0 Å². The van der Waals surface area contributed by atoms with Gasteiger partial charge >= 0.3 is 5.69 Å². The predicted molar refractivity (Wildman–Crippen MR) is 88.8 cm³/mol. The van der Waals surface area contributed by atoms with Gasteiger partial charge in [-0.3, -0.25) is 9.78 Å². The molecule has 130 valence electrons. The molecule has 1 N–H and O–H groups in total. The number of aromatic amines is 1. The van der Waals surface area contributed by atoms with Gasteiger partial charge in [0.2, 0.25) is 11.7 Å². The molecule has 1 aliphatic rings. The molecule has 0 aromatic carbocycles. The third-order valence-electron chi connectivity index (χ3n) is 4.35. The summed E-state index contributed by atoms with van der Waals surface area (Å²) in [5.41, 5.74) is -0.730. The maximum absolute atomic E-state index is 11.9. The summed E-state index contributed by atoms with van der Waals surface area (Å²) >= 11 is 0. The number of aryl methyl sites for hydroxylation is 1. The van der Waals surface area contributed by atoms with E-state index in [2.05, 4.69) is 33.9 Å². The number of rotatable bonds is 4. The fourth-order valence-corrected chi connectivity index (χ4v) is 3.11. The van der Waals surface area contributed by atoms with Crippen molar-refractivity contribution < 1.29 is 4.52 Å². The Morgan fingerprint density at radius 2 is 2.04 bits per heavy atom. The Morgan fingerprint density at radius 3 is 2.71 bits per heavy atom. The monoisotopic (exact) mass is 333 g/mol. The first-order chi connectivity index (χ1) is 11.4. The summed E-state index contributed by atoms with van der Waals surface area (Å²) in [6.45, 7) is 7.58. The molecule has 1 aliphatic heterocycles. The molecule has 3 heterocycles. The van der Waals surface area contributed by atoms with E-state index < -0.39 is 11.2 Å². The molecular formula is C16H23N5O3. The summed E-state index contributed by atoms with van der Waals surface area (Å²) in [5.74, 6) is 1.68. The topological polar surface area (TPSA) is 97.0 Å². The van der Waals surface area contributed by atoms with Crippen LogP contribution < -0.4 is 11.2 Å². The van der Waals surface area contributed by atoms with Gasteiger partial charge in [0.15, 0.2) is 0 Å². The Morgan fingerprint density at radius 1 is 1.33 bits per heavy atom. The maximum atomic E-state index is 11.9. The highest BCUT2D eigenvalue weighted by atomic mass is 16.5. The van der Waals surface area contributed by atoms with Crippen molar-refractivity contribution in [3.05, 3.63) is 32.9 Å². The highest BCUT2D eigenvalue weighted by Gasteiger charge is 2.26. The van der Waals surface area contributed by atoms with Crippen molar-refractivity contribution >= 4 is 0 Å². The molecule has 0 amide bonds. The normalized spacial score (nSPS) is 16.8. The summed E-state index contributed by atoms with van der Waals surface area (Å²) in [5, 5.41) is 3.93. The Balaban J connectivity index is 1.74. The third-order valence-corrected chi connectivity index (χ3v) is 4.35. The minimum Gasteiger partial charge on any atom is -0.339 e. The minimum absolute atomic E-state index is 0.223. The number of hydrogen-bond acceptors (Lipinski definition) is 6. The average molecular weight is 333 g/mol. The molecule has 0 bridgehead atoms. The molecule has 0 aliphatic carbocycles. The van der Waals surface area contributed by atoms with Gasteiger partial charge in [0.25, 0.3) is 5.56 Å². The van der Waals surface area contributed by atoms with Crippen LogP contribution >= 0.6 is 0 Å². The second kappa shape index (κ2) is 6.72. The second-order valence-corrected chi connectivity index (χ2v) is 6.84. The van der Waals surface area contributed by atoms with Gasteiger partial charge in [-0.05, 0) is 31.8 Å². The fourth-order valence-electron chi connectivity index (χ4n) is 3.11. The smallest absolute Gasteiger partial charge is 0.328 e. The van der Waals surface area contributed by atoms with Crippen LogP contribution in [0.1, 0.15) is 38.5 Å². The molecule has 1 saturated heterocycles. The molecule has 24 heavy (non-hydrogen) atoms. The summed E-state index contributed by atoms with van der Waals surface area (Å²) in [4.78, 5) is 32.4. The van der Waals surface area contributed by atoms with Gasteiger partial charge in [0.05, 0.1) is 0 Å². The molecule has 3 rings (SSSR count). The predicted octanol–water partition coefficient (Wildman–Crippen LogP) is 0.959. The summed E-state index contributed by atoms with van der Waals surface area (Å²) in [6.07, 6.45) is 3.37. The molecule has 0 spiro atoms. The van der Waals surface area contributed by atoms with Gasteiger partial charge in [0.1, 0.15) is 5.56 Å². The molecule has 0 unspecified atom stereocenters. The average Bonchev–Trinajstić information content (AvgIpc) is 3.01. The van der Waals surface area contributed by atoms with E-state index in [0.29, 0.717) is 11.8 Å². The van der Waals surface area contributed by atoms with Crippen LogP contribution in [0, 0.1) is 5.92 Å². The molecule has 0 radical (unpaired) electrons. The van der Waals surface area contributed by atoms with E-state index in [-0.39, 0.29) is 17.3 Å². The fraction of sp³-hybridized carbons (Fsp3) is 0.625. The van der Waals surface area contributed by atoms with Gasteiger partial charge in [-0.25, -0.2) is 4.79 Å².